The zero-order valence-corrected chi connectivity index (χ0v) is 19.5. The third kappa shape index (κ3) is 4.97. The molecule has 0 atom stereocenters. The number of methoxy groups -OCH3 is 1. The average Bonchev–Trinajstić information content (AvgIpc) is 3.40. The smallest absolute Gasteiger partial charge is 0.255 e. The lowest BCUT2D eigenvalue weighted by Gasteiger charge is -2.27. The number of carbonyl (C=O) groups is 1. The number of hydrogen-bond acceptors (Lipinski definition) is 8. The van der Waals surface area contributed by atoms with Gasteiger partial charge in [0, 0.05) is 42.3 Å². The highest BCUT2D eigenvalue weighted by molar-refractivity contribution is 6.04. The number of aromatic nitrogens is 5. The molecule has 1 amide bonds. The summed E-state index contributed by atoms with van der Waals surface area (Å²) in [5.74, 6) is 1.21. The monoisotopic (exact) mass is 471 g/mol. The number of morpholine rings is 1. The zero-order valence-electron chi connectivity index (χ0n) is 19.5. The molecule has 4 heterocycles. The van der Waals surface area contributed by atoms with Crippen LogP contribution >= 0.6 is 0 Å². The van der Waals surface area contributed by atoms with Gasteiger partial charge in [-0.3, -0.25) is 9.78 Å². The van der Waals surface area contributed by atoms with E-state index in [1.807, 2.05) is 43.5 Å². The molecule has 4 aromatic rings. The van der Waals surface area contributed by atoms with Gasteiger partial charge in [0.1, 0.15) is 17.3 Å². The van der Waals surface area contributed by atoms with Gasteiger partial charge in [0.15, 0.2) is 0 Å². The van der Waals surface area contributed by atoms with E-state index in [1.54, 1.807) is 36.4 Å². The van der Waals surface area contributed by atoms with E-state index in [0.29, 0.717) is 35.9 Å². The van der Waals surface area contributed by atoms with E-state index in [9.17, 15) is 4.79 Å². The van der Waals surface area contributed by atoms with E-state index in [4.69, 9.17) is 9.47 Å². The van der Waals surface area contributed by atoms with Gasteiger partial charge in [-0.05, 0) is 42.8 Å². The highest BCUT2D eigenvalue weighted by Crippen LogP contribution is 2.24. The fourth-order valence-corrected chi connectivity index (χ4v) is 3.85. The number of anilines is 2. The summed E-state index contributed by atoms with van der Waals surface area (Å²) in [6, 6.07) is 11.0. The third-order valence-electron chi connectivity index (χ3n) is 5.79. The van der Waals surface area contributed by atoms with Crippen LogP contribution in [0.4, 0.5) is 11.5 Å². The van der Waals surface area contributed by atoms with Gasteiger partial charge in [0.2, 0.25) is 0 Å². The van der Waals surface area contributed by atoms with Crippen molar-refractivity contribution in [1.29, 1.82) is 0 Å². The van der Waals surface area contributed by atoms with Crippen molar-refractivity contribution in [3.8, 4) is 22.7 Å². The Kier molecular flexibility index (Phi) is 6.36. The van der Waals surface area contributed by atoms with Crippen molar-refractivity contribution >= 4 is 17.4 Å². The zero-order chi connectivity index (χ0) is 24.2. The summed E-state index contributed by atoms with van der Waals surface area (Å²) in [5.41, 5.74) is 4.45. The van der Waals surface area contributed by atoms with E-state index >= 15 is 0 Å². The molecule has 3 aromatic heterocycles. The minimum absolute atomic E-state index is 0.210. The summed E-state index contributed by atoms with van der Waals surface area (Å²) in [4.78, 5) is 23.7. The van der Waals surface area contributed by atoms with E-state index in [-0.39, 0.29) is 5.91 Å². The van der Waals surface area contributed by atoms with Gasteiger partial charge in [-0.15, -0.1) is 5.10 Å². The number of pyridine rings is 2. The van der Waals surface area contributed by atoms with Crippen LogP contribution in [0.1, 0.15) is 15.9 Å². The highest BCUT2D eigenvalue weighted by atomic mass is 16.5. The van der Waals surface area contributed by atoms with Gasteiger partial charge in [-0.1, -0.05) is 11.3 Å². The molecule has 10 nitrogen and oxygen atoms in total. The van der Waals surface area contributed by atoms with Crippen LogP contribution in [-0.4, -0.2) is 64.3 Å². The molecule has 5 rings (SSSR count). The molecule has 178 valence electrons. The average molecular weight is 472 g/mol. The Morgan fingerprint density at radius 3 is 2.80 bits per heavy atom. The number of hydrogen-bond donors (Lipinski definition) is 1. The fraction of sp³-hybridized carbons (Fsp3) is 0.240. The summed E-state index contributed by atoms with van der Waals surface area (Å²) >= 11 is 0. The van der Waals surface area contributed by atoms with Crippen LogP contribution in [0, 0.1) is 6.92 Å². The Hall–Kier alpha value is -4.31. The molecule has 0 aliphatic carbocycles. The first-order chi connectivity index (χ1) is 17.1. The molecule has 10 heteroatoms. The molecule has 1 N–H and O–H groups in total. The second-order valence-electron chi connectivity index (χ2n) is 8.12. The third-order valence-corrected chi connectivity index (χ3v) is 5.79. The molecule has 0 spiro atoms. The summed E-state index contributed by atoms with van der Waals surface area (Å²) in [6.45, 7) is 4.80. The second kappa shape index (κ2) is 9.90. The van der Waals surface area contributed by atoms with Crippen molar-refractivity contribution in [3.05, 3.63) is 72.3 Å². The van der Waals surface area contributed by atoms with Crippen LogP contribution in [0.2, 0.25) is 0 Å². The molecule has 1 aliphatic rings. The number of carbonyl (C=O) groups excluding carboxylic acids is 1. The predicted molar refractivity (Wildman–Crippen MR) is 131 cm³/mol. The lowest BCUT2D eigenvalue weighted by molar-refractivity contribution is 0.102. The first-order valence-corrected chi connectivity index (χ1v) is 11.2. The molecule has 1 aromatic carbocycles. The molecule has 1 fully saturated rings. The summed E-state index contributed by atoms with van der Waals surface area (Å²) in [5, 5.41) is 11.5. The first-order valence-electron chi connectivity index (χ1n) is 11.2. The van der Waals surface area contributed by atoms with Crippen molar-refractivity contribution in [3.63, 3.8) is 0 Å². The summed E-state index contributed by atoms with van der Waals surface area (Å²) in [7, 11) is 1.59. The number of nitrogens with one attached hydrogen (secondary N) is 1. The van der Waals surface area contributed by atoms with Gasteiger partial charge in [-0.2, -0.15) is 0 Å². The van der Waals surface area contributed by atoms with E-state index in [1.165, 1.54) is 0 Å². The van der Waals surface area contributed by atoms with Crippen LogP contribution in [0.3, 0.4) is 0 Å². The quantitative estimate of drug-likeness (QED) is 0.457. The van der Waals surface area contributed by atoms with E-state index < -0.39 is 0 Å². The minimum atomic E-state index is -0.210. The van der Waals surface area contributed by atoms with Crippen molar-refractivity contribution in [2.75, 3.05) is 43.6 Å². The summed E-state index contributed by atoms with van der Waals surface area (Å²) < 4.78 is 12.3. The second-order valence-corrected chi connectivity index (χ2v) is 8.12. The van der Waals surface area contributed by atoms with Crippen molar-refractivity contribution in [1.82, 2.24) is 25.0 Å². The molecule has 1 aliphatic heterocycles. The Morgan fingerprint density at radius 2 is 1.97 bits per heavy atom. The SMILES string of the molecule is COc1cncc(-c2cn(-c3cc(NC(=O)c4ccnc(N5CCOCC5)c4)ccc3C)nn2)c1. The molecule has 35 heavy (non-hydrogen) atoms. The molecule has 0 saturated carbocycles. The van der Waals surface area contributed by atoms with Gasteiger partial charge in [-0.25, -0.2) is 9.67 Å². The van der Waals surface area contributed by atoms with Crippen LogP contribution < -0.4 is 15.0 Å². The molecule has 0 bridgehead atoms. The number of nitrogens with zero attached hydrogens (tertiary/aromatic N) is 6. The maximum Gasteiger partial charge on any atom is 0.255 e. The van der Waals surface area contributed by atoms with Crippen LogP contribution in [0.15, 0.2) is 61.2 Å². The lowest BCUT2D eigenvalue weighted by atomic mass is 10.1. The maximum absolute atomic E-state index is 13.0. The maximum atomic E-state index is 13.0. The predicted octanol–water partition coefficient (Wildman–Crippen LogP) is 3.13. The van der Waals surface area contributed by atoms with Gasteiger partial charge < -0.3 is 19.7 Å². The Balaban J connectivity index is 1.35. The Bertz CT molecular complexity index is 1350. The number of ether oxygens (including phenoxy) is 2. The van der Waals surface area contributed by atoms with Crippen molar-refractivity contribution in [2.45, 2.75) is 6.92 Å². The molecular formula is C25H25N7O3. The van der Waals surface area contributed by atoms with Gasteiger partial charge in [0.05, 0.1) is 38.4 Å². The van der Waals surface area contributed by atoms with E-state index in [2.05, 4.69) is 30.5 Å². The minimum Gasteiger partial charge on any atom is -0.495 e. The van der Waals surface area contributed by atoms with E-state index in [0.717, 1.165) is 35.7 Å². The van der Waals surface area contributed by atoms with Crippen LogP contribution in [0.25, 0.3) is 16.9 Å². The largest absolute Gasteiger partial charge is 0.495 e. The number of amides is 1. The van der Waals surface area contributed by atoms with Gasteiger partial charge in [0.25, 0.3) is 5.91 Å². The molecular weight excluding hydrogens is 446 g/mol. The fourth-order valence-electron chi connectivity index (χ4n) is 3.85. The Labute approximate surface area is 202 Å². The van der Waals surface area contributed by atoms with Crippen molar-refractivity contribution in [2.24, 2.45) is 0 Å². The number of benzene rings is 1. The molecule has 1 saturated heterocycles. The number of aryl methyl sites for hydroxylation is 1. The first kappa shape index (κ1) is 22.5. The summed E-state index contributed by atoms with van der Waals surface area (Å²) in [6.07, 6.45) is 6.82. The van der Waals surface area contributed by atoms with Crippen LogP contribution in [-0.2, 0) is 4.74 Å². The molecule has 0 unspecified atom stereocenters. The lowest BCUT2D eigenvalue weighted by Crippen LogP contribution is -2.36. The highest BCUT2D eigenvalue weighted by Gasteiger charge is 2.16. The standard InChI is InChI=1S/C25H25N7O3/c1-17-3-4-20(28-25(33)18-5-6-27-24(12-18)31-7-9-35-10-8-31)13-23(17)32-16-22(29-30-32)19-11-21(34-2)15-26-14-19/h3-6,11-16H,7-10H2,1-2H3,(H,28,33). The number of rotatable bonds is 6. The van der Waals surface area contributed by atoms with Crippen LogP contribution in [0.5, 0.6) is 5.75 Å². The van der Waals surface area contributed by atoms with Crippen molar-refractivity contribution < 1.29 is 14.3 Å². The topological polar surface area (TPSA) is 107 Å². The normalized spacial score (nSPS) is 13.5. The van der Waals surface area contributed by atoms with Gasteiger partial charge >= 0.3 is 0 Å². The Morgan fingerprint density at radius 1 is 1.11 bits per heavy atom. The molecule has 0 radical (unpaired) electrons.